The first-order chi connectivity index (χ1) is 13.7. The average Bonchev–Trinajstić information content (AvgIpc) is 3.23. The van der Waals surface area contributed by atoms with Gasteiger partial charge in [0.2, 0.25) is 0 Å². The van der Waals surface area contributed by atoms with Crippen LogP contribution < -0.4 is 4.74 Å². The number of ether oxygens (including phenoxy) is 1. The Morgan fingerprint density at radius 2 is 1.86 bits per heavy atom. The zero-order valence-electron chi connectivity index (χ0n) is 15.3. The summed E-state index contributed by atoms with van der Waals surface area (Å²) >= 11 is 1.71. The highest BCUT2D eigenvalue weighted by Gasteiger charge is 2.31. The van der Waals surface area contributed by atoms with Gasteiger partial charge < -0.3 is 9.64 Å². The number of amides is 1. The molecule has 0 bridgehead atoms. The Kier molecular flexibility index (Phi) is 5.63. The number of benzene rings is 3. The number of rotatable bonds is 5. The minimum atomic E-state index is -0.398. The standard InChI is InChI=1S/C23H20FNO2S/c24-20-10-4-8-18(14-20)22(26)25-12-13-28-23(25)19-9-5-11-21(15-19)27-16-17-6-2-1-3-7-17/h1-11,14-15,23H,12-13,16H2/t23-/m1/s1. The number of hydrogen-bond acceptors (Lipinski definition) is 3. The highest BCUT2D eigenvalue weighted by Crippen LogP contribution is 2.39. The highest BCUT2D eigenvalue weighted by atomic mass is 32.2. The summed E-state index contributed by atoms with van der Waals surface area (Å²) in [6, 6.07) is 23.7. The third-order valence-electron chi connectivity index (χ3n) is 4.61. The van der Waals surface area contributed by atoms with Gasteiger partial charge in [0, 0.05) is 17.9 Å². The van der Waals surface area contributed by atoms with E-state index in [1.165, 1.54) is 12.1 Å². The van der Waals surface area contributed by atoms with Crippen molar-refractivity contribution < 1.29 is 13.9 Å². The molecule has 0 radical (unpaired) electrons. The van der Waals surface area contributed by atoms with Crippen molar-refractivity contribution in [3.63, 3.8) is 0 Å². The molecular formula is C23H20FNO2S. The second kappa shape index (κ2) is 8.48. The molecule has 4 rings (SSSR count). The molecule has 1 atom stereocenters. The van der Waals surface area contributed by atoms with Crippen LogP contribution in [0.1, 0.15) is 26.9 Å². The monoisotopic (exact) mass is 393 g/mol. The van der Waals surface area contributed by atoms with Crippen LogP contribution >= 0.6 is 11.8 Å². The first-order valence-corrected chi connectivity index (χ1v) is 10.2. The number of nitrogens with zero attached hydrogens (tertiary/aromatic N) is 1. The number of thioether (sulfide) groups is 1. The summed E-state index contributed by atoms with van der Waals surface area (Å²) < 4.78 is 19.4. The molecule has 1 saturated heterocycles. The Hall–Kier alpha value is -2.79. The Labute approximate surface area is 168 Å². The van der Waals surface area contributed by atoms with Crippen LogP contribution in [-0.2, 0) is 6.61 Å². The predicted molar refractivity (Wildman–Crippen MR) is 110 cm³/mol. The summed E-state index contributed by atoms with van der Waals surface area (Å²) in [6.45, 7) is 1.13. The summed E-state index contributed by atoms with van der Waals surface area (Å²) in [5.41, 5.74) is 2.49. The molecule has 3 aromatic carbocycles. The average molecular weight is 393 g/mol. The molecule has 1 amide bonds. The van der Waals surface area contributed by atoms with E-state index >= 15 is 0 Å². The molecule has 1 fully saturated rings. The van der Waals surface area contributed by atoms with Gasteiger partial charge in [-0.15, -0.1) is 11.8 Å². The van der Waals surface area contributed by atoms with Crippen LogP contribution in [0.15, 0.2) is 78.9 Å². The maximum absolute atomic E-state index is 13.5. The van der Waals surface area contributed by atoms with E-state index in [0.717, 1.165) is 22.6 Å². The van der Waals surface area contributed by atoms with Crippen LogP contribution in [0.4, 0.5) is 4.39 Å². The molecular weight excluding hydrogens is 373 g/mol. The number of carbonyl (C=O) groups is 1. The second-order valence-corrected chi connectivity index (χ2v) is 7.77. The fourth-order valence-corrected chi connectivity index (χ4v) is 4.49. The number of hydrogen-bond donors (Lipinski definition) is 0. The maximum Gasteiger partial charge on any atom is 0.255 e. The van der Waals surface area contributed by atoms with Crippen LogP contribution in [0.5, 0.6) is 5.75 Å². The summed E-state index contributed by atoms with van der Waals surface area (Å²) in [5, 5.41) is -0.101. The van der Waals surface area contributed by atoms with Gasteiger partial charge in [-0.1, -0.05) is 48.5 Å². The van der Waals surface area contributed by atoms with Crippen LogP contribution in [0.25, 0.3) is 0 Å². The van der Waals surface area contributed by atoms with Gasteiger partial charge in [-0.05, 0) is 41.5 Å². The summed E-state index contributed by atoms with van der Waals surface area (Å²) in [5.74, 6) is 1.07. The minimum Gasteiger partial charge on any atom is -0.489 e. The molecule has 142 valence electrons. The lowest BCUT2D eigenvalue weighted by atomic mass is 10.1. The molecule has 5 heteroatoms. The number of halogens is 1. The van der Waals surface area contributed by atoms with E-state index in [1.54, 1.807) is 28.8 Å². The van der Waals surface area contributed by atoms with Crippen molar-refractivity contribution in [1.82, 2.24) is 4.90 Å². The van der Waals surface area contributed by atoms with E-state index in [4.69, 9.17) is 4.74 Å². The molecule has 1 heterocycles. The normalized spacial score (nSPS) is 16.2. The Morgan fingerprint density at radius 3 is 2.68 bits per heavy atom. The van der Waals surface area contributed by atoms with Crippen LogP contribution in [-0.4, -0.2) is 23.1 Å². The molecule has 0 unspecified atom stereocenters. The first-order valence-electron chi connectivity index (χ1n) is 9.15. The molecule has 3 aromatic rings. The Morgan fingerprint density at radius 1 is 1.04 bits per heavy atom. The van der Waals surface area contributed by atoms with Gasteiger partial charge in [-0.2, -0.15) is 0 Å². The van der Waals surface area contributed by atoms with Gasteiger partial charge >= 0.3 is 0 Å². The summed E-state index contributed by atoms with van der Waals surface area (Å²) in [7, 11) is 0. The van der Waals surface area contributed by atoms with Crippen LogP contribution in [0.3, 0.4) is 0 Å². The minimum absolute atomic E-state index is 0.101. The van der Waals surface area contributed by atoms with E-state index < -0.39 is 5.82 Å². The van der Waals surface area contributed by atoms with Crippen molar-refractivity contribution in [2.75, 3.05) is 12.3 Å². The van der Waals surface area contributed by atoms with Crippen LogP contribution in [0, 0.1) is 5.82 Å². The smallest absolute Gasteiger partial charge is 0.255 e. The summed E-state index contributed by atoms with van der Waals surface area (Å²) in [6.07, 6.45) is 0. The molecule has 0 aliphatic carbocycles. The Bertz CT molecular complexity index is 964. The third-order valence-corrected chi connectivity index (χ3v) is 5.88. The van der Waals surface area contributed by atoms with Crippen LogP contribution in [0.2, 0.25) is 0 Å². The lowest BCUT2D eigenvalue weighted by Gasteiger charge is -2.24. The molecule has 0 spiro atoms. The van der Waals surface area contributed by atoms with Crippen molar-refractivity contribution >= 4 is 17.7 Å². The van der Waals surface area contributed by atoms with E-state index in [9.17, 15) is 9.18 Å². The molecule has 0 saturated carbocycles. The zero-order chi connectivity index (χ0) is 19.3. The van der Waals surface area contributed by atoms with Crippen molar-refractivity contribution in [1.29, 1.82) is 0 Å². The quantitative estimate of drug-likeness (QED) is 0.590. The lowest BCUT2D eigenvalue weighted by molar-refractivity contribution is 0.0759. The SMILES string of the molecule is O=C(c1cccc(F)c1)N1CCS[C@@H]1c1cccc(OCc2ccccc2)c1. The lowest BCUT2D eigenvalue weighted by Crippen LogP contribution is -2.30. The molecule has 1 aliphatic heterocycles. The van der Waals surface area contributed by atoms with Gasteiger partial charge in [0.15, 0.2) is 0 Å². The maximum atomic E-state index is 13.5. The van der Waals surface area contributed by atoms with Gasteiger partial charge in [0.05, 0.1) is 0 Å². The van der Waals surface area contributed by atoms with E-state index in [1.807, 2.05) is 54.6 Å². The first kappa shape index (κ1) is 18.6. The van der Waals surface area contributed by atoms with Crippen molar-refractivity contribution in [2.24, 2.45) is 0 Å². The largest absolute Gasteiger partial charge is 0.489 e. The second-order valence-electron chi connectivity index (χ2n) is 6.58. The topological polar surface area (TPSA) is 29.5 Å². The van der Waals surface area contributed by atoms with Gasteiger partial charge in [0.1, 0.15) is 23.5 Å². The molecule has 28 heavy (non-hydrogen) atoms. The van der Waals surface area contributed by atoms with Crippen molar-refractivity contribution in [3.8, 4) is 5.75 Å². The zero-order valence-corrected chi connectivity index (χ0v) is 16.1. The van der Waals surface area contributed by atoms with E-state index in [2.05, 4.69) is 0 Å². The third kappa shape index (κ3) is 4.20. The predicted octanol–water partition coefficient (Wildman–Crippen LogP) is 5.29. The molecule has 0 N–H and O–H groups in total. The molecule has 0 aromatic heterocycles. The highest BCUT2D eigenvalue weighted by molar-refractivity contribution is 7.99. The van der Waals surface area contributed by atoms with Gasteiger partial charge in [-0.3, -0.25) is 4.79 Å². The van der Waals surface area contributed by atoms with E-state index in [-0.39, 0.29) is 11.3 Å². The summed E-state index contributed by atoms with van der Waals surface area (Å²) in [4.78, 5) is 14.7. The van der Waals surface area contributed by atoms with E-state index in [0.29, 0.717) is 18.7 Å². The van der Waals surface area contributed by atoms with Gasteiger partial charge in [0.25, 0.3) is 5.91 Å². The molecule has 1 aliphatic rings. The van der Waals surface area contributed by atoms with Gasteiger partial charge in [-0.25, -0.2) is 4.39 Å². The fourth-order valence-electron chi connectivity index (χ4n) is 3.24. The number of carbonyl (C=O) groups excluding carboxylic acids is 1. The van der Waals surface area contributed by atoms with Crippen molar-refractivity contribution in [3.05, 3.63) is 101 Å². The molecule has 3 nitrogen and oxygen atoms in total. The fraction of sp³-hybridized carbons (Fsp3) is 0.174. The Balaban J connectivity index is 1.50. The van der Waals surface area contributed by atoms with Crippen molar-refractivity contribution in [2.45, 2.75) is 12.0 Å².